The Kier molecular flexibility index (Phi) is 4.93. The largest absolute Gasteiger partial charge is 0.425 e. The van der Waals surface area contributed by atoms with Gasteiger partial charge < -0.3 is 13.7 Å². The van der Waals surface area contributed by atoms with Gasteiger partial charge in [0.25, 0.3) is 0 Å². The maximum absolute atomic E-state index is 11.8. The van der Waals surface area contributed by atoms with Crippen LogP contribution in [0.3, 0.4) is 0 Å². The number of fused-ring (bicyclic) bond motifs is 3. The van der Waals surface area contributed by atoms with E-state index in [0.29, 0.717) is 6.54 Å². The van der Waals surface area contributed by atoms with Crippen LogP contribution >= 0.6 is 35.5 Å². The number of esters is 2. The molecule has 0 radical (unpaired) electrons. The van der Waals surface area contributed by atoms with Crippen molar-refractivity contribution >= 4 is 47.5 Å². The van der Waals surface area contributed by atoms with E-state index in [0.717, 1.165) is 41.2 Å². The third-order valence-corrected chi connectivity index (χ3v) is 7.85. The van der Waals surface area contributed by atoms with Crippen molar-refractivity contribution in [3.63, 3.8) is 0 Å². The van der Waals surface area contributed by atoms with Crippen LogP contribution in [0.4, 0.5) is 0 Å². The fourth-order valence-corrected chi connectivity index (χ4v) is 6.43. The zero-order chi connectivity index (χ0) is 20.0. The number of para-hydroxylation sites is 1. The van der Waals surface area contributed by atoms with Crippen LogP contribution in [0.2, 0.25) is 0 Å². The lowest BCUT2D eigenvalue weighted by molar-refractivity contribution is -0.249. The van der Waals surface area contributed by atoms with Crippen molar-refractivity contribution < 1.29 is 23.2 Å². The van der Waals surface area contributed by atoms with E-state index in [9.17, 15) is 9.59 Å². The van der Waals surface area contributed by atoms with E-state index in [1.54, 1.807) is 0 Å². The Hall–Kier alpha value is -1.82. The number of thioether (sulfide) groups is 1. The minimum atomic E-state index is -1.38. The highest BCUT2D eigenvalue weighted by atomic mass is 32.2. The molecule has 1 aromatic carbocycles. The number of nitrogens with zero attached hydrogens (tertiary/aromatic N) is 3. The van der Waals surface area contributed by atoms with Gasteiger partial charge in [-0.25, -0.2) is 14.5 Å². The van der Waals surface area contributed by atoms with Crippen LogP contribution in [-0.2, 0) is 19.1 Å². The predicted octanol–water partition coefficient (Wildman–Crippen LogP) is 2.88. The van der Waals surface area contributed by atoms with Gasteiger partial charge in [-0.3, -0.25) is 0 Å². The van der Waals surface area contributed by atoms with Crippen LogP contribution in [0.1, 0.15) is 25.0 Å². The molecule has 3 aliphatic rings. The molecule has 5 rings (SSSR count). The van der Waals surface area contributed by atoms with Crippen LogP contribution in [0.5, 0.6) is 5.75 Å². The van der Waals surface area contributed by atoms with Crippen molar-refractivity contribution in [1.29, 1.82) is 0 Å². The summed E-state index contributed by atoms with van der Waals surface area (Å²) in [5.41, 5.74) is 0.724. The first kappa shape index (κ1) is 19.2. The van der Waals surface area contributed by atoms with Gasteiger partial charge in [0.2, 0.25) is 0 Å². The second-order valence-electron chi connectivity index (χ2n) is 7.01. The zero-order valence-electron chi connectivity index (χ0n) is 15.3. The van der Waals surface area contributed by atoms with Crippen molar-refractivity contribution in [2.24, 2.45) is 5.92 Å². The summed E-state index contributed by atoms with van der Waals surface area (Å²) in [7, 11) is 0. The van der Waals surface area contributed by atoms with Gasteiger partial charge in [-0.15, -0.1) is 0 Å². The quantitative estimate of drug-likeness (QED) is 0.215. The Labute approximate surface area is 179 Å². The number of carbonyl (C=O) groups is 2. The third-order valence-electron chi connectivity index (χ3n) is 5.25. The summed E-state index contributed by atoms with van der Waals surface area (Å²) in [6, 6.07) is 9.58. The lowest BCUT2D eigenvalue weighted by Crippen LogP contribution is -2.50. The lowest BCUT2D eigenvalue weighted by atomic mass is 9.87. The van der Waals surface area contributed by atoms with Crippen LogP contribution in [0.25, 0.3) is 0 Å². The molecule has 11 heteroatoms. The summed E-state index contributed by atoms with van der Waals surface area (Å²) >= 11 is 3.98. The summed E-state index contributed by atoms with van der Waals surface area (Å²) in [5.74, 6) is -2.62. The van der Waals surface area contributed by atoms with E-state index in [4.69, 9.17) is 13.7 Å². The molecule has 3 saturated heterocycles. The standard InChI is InChI=1S/C18H17N3O5S3/c1-10(28-26-12-5-3-2-4-6-12)27-15-14(19-29-20-15)13-11-7-8-21(9-11)18(13)24-16(22)17(23)25-18/h2-6,10-11,13H,7-9H2,1H3. The van der Waals surface area contributed by atoms with Crippen molar-refractivity contribution in [2.75, 3.05) is 13.1 Å². The molecular formula is C18H17N3O5S3. The Morgan fingerprint density at radius 2 is 2.00 bits per heavy atom. The van der Waals surface area contributed by atoms with Gasteiger partial charge >= 0.3 is 17.8 Å². The molecule has 0 N–H and O–H groups in total. The Balaban J connectivity index is 1.34. The lowest BCUT2D eigenvalue weighted by Gasteiger charge is -2.37. The van der Waals surface area contributed by atoms with Gasteiger partial charge in [0, 0.05) is 13.1 Å². The smallest absolute Gasteiger partial charge is 0.421 e. The van der Waals surface area contributed by atoms with Crippen molar-refractivity contribution in [2.45, 2.75) is 34.8 Å². The highest BCUT2D eigenvalue weighted by Gasteiger charge is 2.68. The van der Waals surface area contributed by atoms with Crippen LogP contribution in [0, 0.1) is 5.92 Å². The predicted molar refractivity (Wildman–Crippen MR) is 107 cm³/mol. The molecule has 4 heterocycles. The van der Waals surface area contributed by atoms with Gasteiger partial charge in [-0.05, 0) is 31.4 Å². The Bertz CT molecular complexity index is 924. The maximum atomic E-state index is 11.8. The second kappa shape index (κ2) is 7.46. The molecule has 4 unspecified atom stereocenters. The topological polar surface area (TPSA) is 90.9 Å². The average molecular weight is 452 g/mol. The summed E-state index contributed by atoms with van der Waals surface area (Å²) in [5, 5.41) is 0.754. The van der Waals surface area contributed by atoms with Crippen LogP contribution < -0.4 is 4.18 Å². The molecule has 0 amide bonds. The number of piperidine rings is 1. The SMILES string of the molecule is CC(SOc1ccccc1)Sc1nsnc1C1C2CCN(C2)C12OC(=O)C(=O)O2. The number of benzene rings is 1. The number of ether oxygens (including phenoxy) is 2. The first-order valence-electron chi connectivity index (χ1n) is 9.15. The van der Waals surface area contributed by atoms with Gasteiger partial charge in [0.1, 0.15) is 22.4 Å². The normalized spacial score (nSPS) is 27.8. The van der Waals surface area contributed by atoms with Crippen LogP contribution in [0.15, 0.2) is 35.4 Å². The molecule has 1 aromatic heterocycles. The summed E-state index contributed by atoms with van der Waals surface area (Å²) in [4.78, 5) is 25.6. The van der Waals surface area contributed by atoms with E-state index in [1.165, 1.54) is 23.8 Å². The molecule has 3 aliphatic heterocycles. The third kappa shape index (κ3) is 3.29. The second-order valence-corrected chi connectivity index (χ2v) is 10.2. The maximum Gasteiger partial charge on any atom is 0.421 e. The fraction of sp³-hybridized carbons (Fsp3) is 0.444. The average Bonchev–Trinajstić information content (AvgIpc) is 3.47. The van der Waals surface area contributed by atoms with Gasteiger partial charge in [0.15, 0.2) is 0 Å². The summed E-state index contributed by atoms with van der Waals surface area (Å²) < 4.78 is 25.7. The van der Waals surface area contributed by atoms with Crippen molar-refractivity contribution in [3.8, 4) is 5.75 Å². The Morgan fingerprint density at radius 1 is 1.24 bits per heavy atom. The van der Waals surface area contributed by atoms with E-state index in [-0.39, 0.29) is 16.4 Å². The molecule has 152 valence electrons. The minimum Gasteiger partial charge on any atom is -0.425 e. The van der Waals surface area contributed by atoms with E-state index in [2.05, 4.69) is 8.75 Å². The van der Waals surface area contributed by atoms with E-state index < -0.39 is 17.8 Å². The molecule has 0 aliphatic carbocycles. The fourth-order valence-electron chi connectivity index (χ4n) is 4.09. The molecule has 29 heavy (non-hydrogen) atoms. The highest BCUT2D eigenvalue weighted by Crippen LogP contribution is 2.55. The molecule has 1 spiro atoms. The number of hydrogen-bond donors (Lipinski definition) is 0. The first-order valence-corrected chi connectivity index (χ1v) is 11.6. The number of carbonyl (C=O) groups excluding carboxylic acids is 2. The molecule has 2 bridgehead atoms. The first-order chi connectivity index (χ1) is 14.1. The number of aromatic nitrogens is 2. The molecule has 3 fully saturated rings. The molecule has 8 nitrogen and oxygen atoms in total. The number of rotatable bonds is 6. The monoisotopic (exact) mass is 451 g/mol. The van der Waals surface area contributed by atoms with E-state index >= 15 is 0 Å². The molecular weight excluding hydrogens is 434 g/mol. The van der Waals surface area contributed by atoms with Crippen molar-refractivity contribution in [3.05, 3.63) is 36.0 Å². The summed E-state index contributed by atoms with van der Waals surface area (Å²) in [6.45, 7) is 3.45. The van der Waals surface area contributed by atoms with Gasteiger partial charge in [0.05, 0.1) is 28.4 Å². The molecule has 4 atom stereocenters. The molecule has 0 saturated carbocycles. The zero-order valence-corrected chi connectivity index (χ0v) is 17.8. The van der Waals surface area contributed by atoms with Crippen molar-refractivity contribution in [1.82, 2.24) is 13.6 Å². The van der Waals surface area contributed by atoms with E-state index in [1.807, 2.05) is 42.2 Å². The number of hydrogen-bond acceptors (Lipinski definition) is 11. The van der Waals surface area contributed by atoms with Gasteiger partial charge in [-0.1, -0.05) is 30.0 Å². The molecule has 2 aromatic rings. The van der Waals surface area contributed by atoms with Crippen LogP contribution in [-0.4, -0.2) is 49.2 Å². The van der Waals surface area contributed by atoms with Gasteiger partial charge in [-0.2, -0.15) is 8.75 Å². The highest BCUT2D eigenvalue weighted by molar-refractivity contribution is 8.15. The Morgan fingerprint density at radius 3 is 2.76 bits per heavy atom. The summed E-state index contributed by atoms with van der Waals surface area (Å²) in [6.07, 6.45) is 0.935. The minimum absolute atomic E-state index is 0.0429.